The first kappa shape index (κ1) is 26.5. The summed E-state index contributed by atoms with van der Waals surface area (Å²) in [7, 11) is 0. The number of benzene rings is 3. The summed E-state index contributed by atoms with van der Waals surface area (Å²) < 4.78 is 5.84. The van der Waals surface area contributed by atoms with E-state index >= 15 is 0 Å². The van der Waals surface area contributed by atoms with E-state index in [2.05, 4.69) is 5.32 Å². The summed E-state index contributed by atoms with van der Waals surface area (Å²) >= 11 is 24.5. The van der Waals surface area contributed by atoms with Crippen LogP contribution in [0.3, 0.4) is 0 Å². The van der Waals surface area contributed by atoms with Gasteiger partial charge in [-0.05, 0) is 54.1 Å². The van der Waals surface area contributed by atoms with Crippen molar-refractivity contribution in [1.29, 1.82) is 0 Å². The van der Waals surface area contributed by atoms with Crippen LogP contribution in [-0.2, 0) is 16.2 Å². The van der Waals surface area contributed by atoms with E-state index in [1.54, 1.807) is 12.1 Å². The Hall–Kier alpha value is -3.56. The molecule has 0 saturated carbocycles. The normalized spacial score (nSPS) is 14.6. The van der Waals surface area contributed by atoms with Crippen LogP contribution in [0, 0.1) is 0 Å². The van der Waals surface area contributed by atoms with Gasteiger partial charge in [0.15, 0.2) is 0 Å². The molecule has 12 heteroatoms. The predicted octanol–water partition coefficient (Wildman–Crippen LogP) is 6.24. The Balaban J connectivity index is 1.69. The van der Waals surface area contributed by atoms with Crippen LogP contribution in [0.25, 0.3) is 6.08 Å². The van der Waals surface area contributed by atoms with Crippen molar-refractivity contribution in [3.05, 3.63) is 97.0 Å². The lowest BCUT2D eigenvalue weighted by atomic mass is 10.1. The first-order valence-electron chi connectivity index (χ1n) is 10.4. The van der Waals surface area contributed by atoms with Crippen molar-refractivity contribution in [1.82, 2.24) is 5.32 Å². The van der Waals surface area contributed by atoms with Crippen molar-refractivity contribution in [3.63, 3.8) is 0 Å². The zero-order valence-corrected chi connectivity index (χ0v) is 21.5. The molecule has 1 heterocycles. The maximum absolute atomic E-state index is 13.2. The van der Waals surface area contributed by atoms with Gasteiger partial charge >= 0.3 is 12.0 Å². The summed E-state index contributed by atoms with van der Waals surface area (Å²) in [6.07, 6.45) is 1.20. The number of nitrogens with zero attached hydrogens (tertiary/aromatic N) is 1. The number of anilines is 1. The molecule has 0 bridgehead atoms. The van der Waals surface area contributed by atoms with Gasteiger partial charge in [0.05, 0.1) is 26.3 Å². The van der Waals surface area contributed by atoms with Gasteiger partial charge < -0.3 is 9.84 Å². The maximum Gasteiger partial charge on any atom is 0.335 e. The lowest BCUT2D eigenvalue weighted by Gasteiger charge is -2.26. The standard InChI is InChI=1S/C25H14Cl4N2O6/c26-15-7-14(21(20(29)9-15)37-11-12-1-3-13(4-2-12)24(34)35)8-17-22(32)30-25(36)31(23(17)33)16-5-6-18(27)19(28)10-16/h1-10H,11H2,(H,34,35)(H,30,32,36)/b17-8+. The SMILES string of the molecule is O=C1NC(=O)N(c2ccc(Cl)c(Cl)c2)C(=O)/C1=C/c1cc(Cl)cc(Cl)c1OCc1ccc(C(=O)O)cc1. The number of urea groups is 1. The fourth-order valence-corrected chi connectivity index (χ4v) is 4.27. The van der Waals surface area contributed by atoms with Crippen molar-refractivity contribution in [3.8, 4) is 5.75 Å². The zero-order chi connectivity index (χ0) is 26.9. The Kier molecular flexibility index (Phi) is 7.75. The summed E-state index contributed by atoms with van der Waals surface area (Å²) in [5.74, 6) is -2.80. The average Bonchev–Trinajstić information content (AvgIpc) is 2.83. The molecule has 3 aromatic carbocycles. The van der Waals surface area contributed by atoms with E-state index in [1.807, 2.05) is 0 Å². The van der Waals surface area contributed by atoms with Gasteiger partial charge in [-0.25, -0.2) is 14.5 Å². The van der Waals surface area contributed by atoms with Crippen molar-refractivity contribution in [2.75, 3.05) is 4.90 Å². The quantitative estimate of drug-likeness (QED) is 0.264. The molecule has 0 aromatic heterocycles. The van der Waals surface area contributed by atoms with E-state index in [9.17, 15) is 19.2 Å². The van der Waals surface area contributed by atoms with Crippen molar-refractivity contribution in [2.24, 2.45) is 0 Å². The minimum atomic E-state index is -1.06. The van der Waals surface area contributed by atoms with E-state index in [0.29, 0.717) is 5.56 Å². The third kappa shape index (κ3) is 5.73. The molecule has 37 heavy (non-hydrogen) atoms. The topological polar surface area (TPSA) is 113 Å². The van der Waals surface area contributed by atoms with E-state index in [-0.39, 0.29) is 54.8 Å². The Morgan fingerprint density at radius 3 is 2.27 bits per heavy atom. The summed E-state index contributed by atoms with van der Waals surface area (Å²) in [5, 5.41) is 11.8. The van der Waals surface area contributed by atoms with E-state index < -0.39 is 23.8 Å². The van der Waals surface area contributed by atoms with Crippen LogP contribution in [0.15, 0.2) is 60.2 Å². The molecular formula is C25H14Cl4N2O6. The number of amides is 4. The first-order valence-corrected chi connectivity index (χ1v) is 11.9. The zero-order valence-electron chi connectivity index (χ0n) is 18.4. The average molecular weight is 580 g/mol. The number of rotatable bonds is 6. The highest BCUT2D eigenvalue weighted by atomic mass is 35.5. The second-order valence-electron chi connectivity index (χ2n) is 7.65. The molecule has 3 aromatic rings. The molecule has 0 aliphatic carbocycles. The Bertz CT molecular complexity index is 1490. The number of hydrogen-bond donors (Lipinski definition) is 2. The van der Waals surface area contributed by atoms with Crippen LogP contribution >= 0.6 is 46.4 Å². The van der Waals surface area contributed by atoms with Crippen LogP contribution in [-0.4, -0.2) is 28.9 Å². The van der Waals surface area contributed by atoms with Gasteiger partial charge in [-0.3, -0.25) is 14.9 Å². The number of carboxylic acid groups (broad SMARTS) is 1. The number of barbiturate groups is 1. The number of carbonyl (C=O) groups excluding carboxylic acids is 3. The molecule has 188 valence electrons. The summed E-state index contributed by atoms with van der Waals surface area (Å²) in [6.45, 7) is -0.00848. The molecule has 4 rings (SSSR count). The third-order valence-corrected chi connectivity index (χ3v) is 6.42. The Morgan fingerprint density at radius 1 is 0.919 bits per heavy atom. The number of carbonyl (C=O) groups is 4. The summed E-state index contributed by atoms with van der Waals surface area (Å²) in [5.41, 5.74) is 0.654. The maximum atomic E-state index is 13.2. The van der Waals surface area contributed by atoms with Gasteiger partial charge in [0.2, 0.25) is 0 Å². The third-order valence-electron chi connectivity index (χ3n) is 5.18. The van der Waals surface area contributed by atoms with Crippen LogP contribution in [0.1, 0.15) is 21.5 Å². The van der Waals surface area contributed by atoms with Crippen LogP contribution < -0.4 is 15.0 Å². The molecule has 1 saturated heterocycles. The van der Waals surface area contributed by atoms with Gasteiger partial charge in [0.1, 0.15) is 17.9 Å². The molecule has 1 aliphatic heterocycles. The van der Waals surface area contributed by atoms with Gasteiger partial charge in [0.25, 0.3) is 11.8 Å². The number of carboxylic acids is 1. The van der Waals surface area contributed by atoms with Crippen LogP contribution in [0.4, 0.5) is 10.5 Å². The van der Waals surface area contributed by atoms with Crippen molar-refractivity contribution >= 4 is 82.0 Å². The molecule has 4 amide bonds. The smallest absolute Gasteiger partial charge is 0.335 e. The highest BCUT2D eigenvalue weighted by molar-refractivity contribution is 6.43. The molecular weight excluding hydrogens is 566 g/mol. The largest absolute Gasteiger partial charge is 0.487 e. The number of nitrogens with one attached hydrogen (secondary N) is 1. The molecule has 8 nitrogen and oxygen atoms in total. The van der Waals surface area contributed by atoms with E-state index in [1.165, 1.54) is 48.5 Å². The number of aromatic carboxylic acids is 1. The lowest BCUT2D eigenvalue weighted by Crippen LogP contribution is -2.54. The molecule has 1 aliphatic rings. The minimum absolute atomic E-state index is 0.00848. The van der Waals surface area contributed by atoms with Gasteiger partial charge in [-0.1, -0.05) is 58.5 Å². The second-order valence-corrected chi connectivity index (χ2v) is 9.31. The summed E-state index contributed by atoms with van der Waals surface area (Å²) in [4.78, 5) is 50.1. The Labute approximate surface area is 229 Å². The summed E-state index contributed by atoms with van der Waals surface area (Å²) in [6, 6.07) is 12.0. The van der Waals surface area contributed by atoms with Crippen LogP contribution in [0.5, 0.6) is 5.75 Å². The molecule has 0 spiro atoms. The fraction of sp³-hybridized carbons (Fsp3) is 0.0400. The number of ether oxygens (including phenoxy) is 1. The van der Waals surface area contributed by atoms with Crippen LogP contribution in [0.2, 0.25) is 20.1 Å². The van der Waals surface area contributed by atoms with Crippen molar-refractivity contribution in [2.45, 2.75) is 6.61 Å². The predicted molar refractivity (Wildman–Crippen MR) is 140 cm³/mol. The van der Waals surface area contributed by atoms with Gasteiger partial charge in [0, 0.05) is 10.6 Å². The molecule has 0 radical (unpaired) electrons. The second kappa shape index (κ2) is 10.8. The molecule has 1 fully saturated rings. The van der Waals surface area contributed by atoms with Gasteiger partial charge in [-0.15, -0.1) is 0 Å². The minimum Gasteiger partial charge on any atom is -0.487 e. The first-order chi connectivity index (χ1) is 17.5. The monoisotopic (exact) mass is 578 g/mol. The lowest BCUT2D eigenvalue weighted by molar-refractivity contribution is -0.122. The van der Waals surface area contributed by atoms with Gasteiger partial charge in [-0.2, -0.15) is 0 Å². The van der Waals surface area contributed by atoms with E-state index in [0.717, 1.165) is 4.90 Å². The molecule has 2 N–H and O–H groups in total. The van der Waals surface area contributed by atoms with E-state index in [4.69, 9.17) is 56.2 Å². The number of imide groups is 2. The number of hydrogen-bond acceptors (Lipinski definition) is 5. The highest BCUT2D eigenvalue weighted by Crippen LogP contribution is 2.36. The molecule has 0 unspecified atom stereocenters. The number of halogens is 4. The van der Waals surface area contributed by atoms with Crippen molar-refractivity contribution < 1.29 is 29.0 Å². The highest BCUT2D eigenvalue weighted by Gasteiger charge is 2.37. The fourth-order valence-electron chi connectivity index (χ4n) is 3.41. The molecule has 0 atom stereocenters. The Morgan fingerprint density at radius 2 is 1.62 bits per heavy atom.